The summed E-state index contributed by atoms with van der Waals surface area (Å²) in [5.41, 5.74) is 5.25. The molecule has 3 N–H and O–H groups in total. The van der Waals surface area contributed by atoms with Gasteiger partial charge in [0, 0.05) is 0 Å². The lowest BCUT2D eigenvalue weighted by Gasteiger charge is -2.04. The Balaban J connectivity index is 2.98. The van der Waals surface area contributed by atoms with Crippen molar-refractivity contribution in [1.29, 1.82) is 0 Å². The van der Waals surface area contributed by atoms with Crippen LogP contribution in [0.25, 0.3) is 0 Å². The van der Waals surface area contributed by atoms with Crippen LogP contribution >= 0.6 is 11.3 Å². The average molecular weight is 234 g/mol. The number of hydrogen-bond acceptors (Lipinski definition) is 4. The van der Waals surface area contributed by atoms with Gasteiger partial charge < -0.3 is 5.73 Å². The molecule has 0 aliphatic heterocycles. The fourth-order valence-corrected chi connectivity index (χ4v) is 2.54. The summed E-state index contributed by atoms with van der Waals surface area (Å²) in [5, 5.41) is 1.88. The first kappa shape index (κ1) is 11.0. The van der Waals surface area contributed by atoms with Crippen molar-refractivity contribution in [3.8, 4) is 0 Å². The fraction of sp³-hybridized carbons (Fsp3) is 0.286. The number of carbonyl (C=O) groups is 1. The molecule has 0 radical (unpaired) electrons. The minimum Gasteiger partial charge on any atom is -0.366 e. The molecule has 0 aliphatic rings. The number of thiophene rings is 1. The van der Waals surface area contributed by atoms with Crippen LogP contribution in [0.1, 0.15) is 17.3 Å². The highest BCUT2D eigenvalue weighted by Gasteiger charge is 2.14. The second-order valence-corrected chi connectivity index (χ2v) is 5.46. The Labute approximate surface area is 86.0 Å². The van der Waals surface area contributed by atoms with Crippen LogP contribution in [-0.4, -0.2) is 20.1 Å². The van der Waals surface area contributed by atoms with Crippen LogP contribution in [0.15, 0.2) is 11.4 Å². The molecular weight excluding hydrogens is 224 g/mol. The van der Waals surface area contributed by atoms with Gasteiger partial charge in [0.05, 0.1) is 11.3 Å². The van der Waals surface area contributed by atoms with E-state index in [0.29, 0.717) is 0 Å². The van der Waals surface area contributed by atoms with Crippen molar-refractivity contribution in [1.82, 2.24) is 0 Å². The molecule has 0 atom stereocenters. The van der Waals surface area contributed by atoms with E-state index in [4.69, 9.17) is 5.73 Å². The van der Waals surface area contributed by atoms with E-state index in [0.717, 1.165) is 11.3 Å². The van der Waals surface area contributed by atoms with Gasteiger partial charge >= 0.3 is 0 Å². The molecule has 1 rings (SSSR count). The van der Waals surface area contributed by atoms with Gasteiger partial charge in [-0.1, -0.05) is 0 Å². The third-order valence-corrected chi connectivity index (χ3v) is 3.79. The molecular formula is C7H10N2O3S2. The van der Waals surface area contributed by atoms with E-state index in [9.17, 15) is 13.2 Å². The Morgan fingerprint density at radius 2 is 2.29 bits per heavy atom. The highest BCUT2D eigenvalue weighted by Crippen LogP contribution is 2.23. The summed E-state index contributed by atoms with van der Waals surface area (Å²) in [6.45, 7) is 1.51. The average Bonchev–Trinajstić information content (AvgIpc) is 2.51. The molecule has 5 nitrogen and oxygen atoms in total. The van der Waals surface area contributed by atoms with Gasteiger partial charge in [0.2, 0.25) is 10.0 Å². The Morgan fingerprint density at radius 3 is 2.79 bits per heavy atom. The molecule has 0 fully saturated rings. The molecule has 0 unspecified atom stereocenters. The largest absolute Gasteiger partial charge is 0.366 e. The van der Waals surface area contributed by atoms with E-state index in [2.05, 4.69) is 4.72 Å². The summed E-state index contributed by atoms with van der Waals surface area (Å²) in [7, 11) is -3.35. The lowest BCUT2D eigenvalue weighted by Crippen LogP contribution is -2.17. The number of hydrogen-bond donors (Lipinski definition) is 2. The third kappa shape index (κ3) is 2.46. The van der Waals surface area contributed by atoms with Gasteiger partial charge in [-0.15, -0.1) is 11.3 Å². The number of sulfonamides is 1. The maximum atomic E-state index is 11.2. The number of primary amides is 1. The number of amides is 1. The Morgan fingerprint density at radius 1 is 1.64 bits per heavy atom. The van der Waals surface area contributed by atoms with Crippen molar-refractivity contribution < 1.29 is 13.2 Å². The Hall–Kier alpha value is -1.08. The summed E-state index contributed by atoms with van der Waals surface area (Å²) in [5.74, 6) is -0.677. The molecule has 0 saturated carbocycles. The Bertz CT molecular complexity index is 436. The van der Waals surface area contributed by atoms with Crippen LogP contribution in [0, 0.1) is 0 Å². The molecule has 1 amide bonds. The molecule has 0 spiro atoms. The first-order chi connectivity index (χ1) is 6.46. The van der Waals surface area contributed by atoms with Crippen LogP contribution in [0.4, 0.5) is 5.00 Å². The van der Waals surface area contributed by atoms with Crippen molar-refractivity contribution in [2.24, 2.45) is 5.73 Å². The number of rotatable bonds is 4. The topological polar surface area (TPSA) is 89.3 Å². The highest BCUT2D eigenvalue weighted by atomic mass is 32.2. The van der Waals surface area contributed by atoms with Crippen molar-refractivity contribution in [2.75, 3.05) is 10.5 Å². The van der Waals surface area contributed by atoms with E-state index >= 15 is 0 Å². The van der Waals surface area contributed by atoms with Gasteiger partial charge in [-0.05, 0) is 18.4 Å². The monoisotopic (exact) mass is 234 g/mol. The fourth-order valence-electron chi connectivity index (χ4n) is 0.796. The zero-order valence-corrected chi connectivity index (χ0v) is 9.11. The van der Waals surface area contributed by atoms with Gasteiger partial charge in [0.15, 0.2) is 0 Å². The molecule has 78 valence electrons. The number of anilines is 1. The minimum atomic E-state index is -3.35. The van der Waals surface area contributed by atoms with Gasteiger partial charge in [-0.25, -0.2) is 8.42 Å². The second kappa shape index (κ2) is 3.97. The van der Waals surface area contributed by atoms with Crippen molar-refractivity contribution in [3.63, 3.8) is 0 Å². The lowest BCUT2D eigenvalue weighted by atomic mass is 10.3. The van der Waals surface area contributed by atoms with Crippen molar-refractivity contribution >= 4 is 32.3 Å². The highest BCUT2D eigenvalue weighted by molar-refractivity contribution is 7.92. The molecule has 0 aromatic carbocycles. The summed E-state index contributed by atoms with van der Waals surface area (Å²) < 4.78 is 24.7. The first-order valence-corrected chi connectivity index (χ1v) is 6.37. The van der Waals surface area contributed by atoms with E-state index in [1.807, 2.05) is 0 Å². The van der Waals surface area contributed by atoms with Gasteiger partial charge in [0.25, 0.3) is 5.91 Å². The lowest BCUT2D eigenvalue weighted by molar-refractivity contribution is 0.100. The predicted molar refractivity (Wildman–Crippen MR) is 55.9 cm³/mol. The summed E-state index contributed by atoms with van der Waals surface area (Å²) in [4.78, 5) is 10.9. The maximum absolute atomic E-state index is 11.2. The third-order valence-electron chi connectivity index (χ3n) is 1.56. The molecule has 0 saturated heterocycles. The van der Waals surface area contributed by atoms with Gasteiger partial charge in [-0.2, -0.15) is 0 Å². The van der Waals surface area contributed by atoms with Crippen LogP contribution < -0.4 is 10.5 Å². The van der Waals surface area contributed by atoms with E-state index < -0.39 is 15.9 Å². The zero-order valence-electron chi connectivity index (χ0n) is 7.48. The SMILES string of the molecule is CCS(=O)(=O)Nc1sccc1C(N)=O. The molecule has 7 heteroatoms. The smallest absolute Gasteiger partial charge is 0.251 e. The molecule has 0 aliphatic carbocycles. The standard InChI is InChI=1S/C7H10N2O3S2/c1-2-14(11,12)9-7-5(6(8)10)3-4-13-7/h3-4,9H,2H2,1H3,(H2,8,10). The molecule has 1 aromatic rings. The summed E-state index contributed by atoms with van der Waals surface area (Å²) >= 11 is 1.13. The van der Waals surface area contributed by atoms with Crippen LogP contribution in [0.2, 0.25) is 0 Å². The van der Waals surface area contributed by atoms with Gasteiger partial charge in [-0.3, -0.25) is 9.52 Å². The number of carbonyl (C=O) groups excluding carboxylic acids is 1. The summed E-state index contributed by atoms with van der Waals surface area (Å²) in [6.07, 6.45) is 0. The van der Waals surface area contributed by atoms with Crippen molar-refractivity contribution in [3.05, 3.63) is 17.0 Å². The normalized spacial score (nSPS) is 11.2. The van der Waals surface area contributed by atoms with Crippen LogP contribution in [0.3, 0.4) is 0 Å². The Kier molecular flexibility index (Phi) is 3.12. The maximum Gasteiger partial charge on any atom is 0.251 e. The quantitative estimate of drug-likeness (QED) is 0.799. The van der Waals surface area contributed by atoms with E-state index in [-0.39, 0.29) is 16.3 Å². The predicted octanol–water partition coefficient (Wildman–Crippen LogP) is 0.609. The van der Waals surface area contributed by atoms with E-state index in [1.54, 1.807) is 5.38 Å². The number of nitrogens with one attached hydrogen (secondary N) is 1. The number of nitrogens with two attached hydrogens (primary N) is 1. The first-order valence-electron chi connectivity index (χ1n) is 3.84. The summed E-state index contributed by atoms with van der Waals surface area (Å²) in [6, 6.07) is 1.49. The van der Waals surface area contributed by atoms with E-state index in [1.165, 1.54) is 13.0 Å². The zero-order chi connectivity index (χ0) is 10.8. The molecule has 1 heterocycles. The minimum absolute atomic E-state index is 0.0386. The van der Waals surface area contributed by atoms with Gasteiger partial charge in [0.1, 0.15) is 5.00 Å². The van der Waals surface area contributed by atoms with Crippen molar-refractivity contribution in [2.45, 2.75) is 6.92 Å². The second-order valence-electron chi connectivity index (χ2n) is 2.53. The van der Waals surface area contributed by atoms with Crippen LogP contribution in [0.5, 0.6) is 0 Å². The van der Waals surface area contributed by atoms with Crippen LogP contribution in [-0.2, 0) is 10.0 Å². The molecule has 1 aromatic heterocycles. The molecule has 0 bridgehead atoms. The molecule has 14 heavy (non-hydrogen) atoms.